The summed E-state index contributed by atoms with van der Waals surface area (Å²) in [5.74, 6) is -12.5. The Balaban J connectivity index is 1.21. The molecule has 12 aliphatic carbocycles. The molecule has 0 amide bonds. The van der Waals surface area contributed by atoms with Crippen LogP contribution in [0.5, 0.6) is 0 Å². The maximum atomic E-state index is 13.4. The van der Waals surface area contributed by atoms with E-state index < -0.39 is 93.6 Å². The fourth-order valence-electron chi connectivity index (χ4n) is 10.3. The molecule has 15 nitrogen and oxygen atoms in total. The van der Waals surface area contributed by atoms with Crippen LogP contribution in [-0.4, -0.2) is 81.2 Å². The van der Waals surface area contributed by atoms with Gasteiger partial charge in [0.2, 0.25) is 46.3 Å². The zero-order valence-corrected chi connectivity index (χ0v) is 28.3. The fourth-order valence-corrected chi connectivity index (χ4v) is 10.3. The second-order valence-corrected chi connectivity index (χ2v) is 15.4. The molecule has 0 aromatic carbocycles. The highest BCUT2D eigenvalue weighted by molar-refractivity contribution is 6.49. The van der Waals surface area contributed by atoms with E-state index in [-0.39, 0.29) is 34.4 Å². The molecule has 3 aromatic heterocycles. The van der Waals surface area contributed by atoms with E-state index in [4.69, 9.17) is 24.9 Å². The first-order valence-corrected chi connectivity index (χ1v) is 18.1. The minimum Gasteiger partial charge on any atom is -0.340 e. The Morgan fingerprint density at radius 3 is 1.12 bits per heavy atom. The number of allylic oxidation sites excluding steroid dienone is 12. The molecule has 266 valence electrons. The third-order valence-electron chi connectivity index (χ3n) is 12.8. The molecule has 56 heavy (non-hydrogen) atoms. The molecule has 5 heterocycles. The van der Waals surface area contributed by atoms with Gasteiger partial charge in [0.05, 0.1) is 53.0 Å². The van der Waals surface area contributed by atoms with Crippen LogP contribution in [0.15, 0.2) is 54.7 Å². The average molecular weight is 738 g/mol. The number of hydrogen-bond donors (Lipinski definition) is 2. The monoisotopic (exact) mass is 737 g/mol. The lowest BCUT2D eigenvalue weighted by Gasteiger charge is -2.30. The van der Waals surface area contributed by atoms with Crippen molar-refractivity contribution in [3.63, 3.8) is 0 Å². The van der Waals surface area contributed by atoms with Crippen molar-refractivity contribution in [3.05, 3.63) is 100 Å². The average Bonchev–Trinajstić information content (AvgIpc) is 3.96. The molecule has 8 unspecified atom stereocenters. The Morgan fingerprint density at radius 1 is 0.339 bits per heavy atom. The smallest absolute Gasteiger partial charge is 0.210 e. The van der Waals surface area contributed by atoms with Crippen LogP contribution in [0.1, 0.15) is 69.1 Å². The third kappa shape index (κ3) is 3.27. The van der Waals surface area contributed by atoms with Gasteiger partial charge in [-0.15, -0.1) is 0 Å². The van der Waals surface area contributed by atoms with Crippen molar-refractivity contribution < 1.29 is 38.4 Å². The van der Waals surface area contributed by atoms with Crippen LogP contribution in [0.25, 0.3) is 44.8 Å². The van der Waals surface area contributed by atoms with Crippen molar-refractivity contribution in [2.75, 3.05) is 0 Å². The van der Waals surface area contributed by atoms with Crippen LogP contribution in [0.4, 0.5) is 0 Å². The highest BCUT2D eigenvalue weighted by atomic mass is 16.2. The number of Topliss-reactive ketones (excluding diaryl/α,β-unsaturated/α-hetero) is 8. The first-order chi connectivity index (χ1) is 27.1. The standard InChI is InChI=1S/C41H19N7O8/c49-28-10-1-3-12(30(28)51)22-20(10)18-9-19-21-11-2-4-13(31(52)29(11)50)23(21)37(43-19)45-39-25-15-6-8-17(35(56)33(15)54)27(25)41(47-39)48-40-26-16-7-5-14(32(53)34(16)55)24(26)38(46-40)44-36(22)42-18/h1-17H,(H2,42,43,44,45,46,47,48). The molecular weight excluding hydrogens is 718 g/mol. The van der Waals surface area contributed by atoms with Gasteiger partial charge in [0.25, 0.3) is 0 Å². The summed E-state index contributed by atoms with van der Waals surface area (Å²) in [5, 5.41) is 0. The topological polar surface area (TPSA) is 233 Å². The lowest BCUT2D eigenvalue weighted by atomic mass is 9.69. The van der Waals surface area contributed by atoms with E-state index in [9.17, 15) is 38.4 Å². The van der Waals surface area contributed by atoms with E-state index in [0.717, 1.165) is 0 Å². The summed E-state index contributed by atoms with van der Waals surface area (Å²) < 4.78 is 0. The third-order valence-corrected chi connectivity index (χ3v) is 12.8. The van der Waals surface area contributed by atoms with Gasteiger partial charge in [0, 0.05) is 44.5 Å². The summed E-state index contributed by atoms with van der Waals surface area (Å²) in [5.41, 5.74) is 4.52. The molecule has 0 fully saturated rings. The zero-order valence-electron chi connectivity index (χ0n) is 28.3. The molecular formula is C41H19N7O8. The minimum atomic E-state index is -1.00. The van der Waals surface area contributed by atoms with Gasteiger partial charge in [0.1, 0.15) is 16.9 Å². The first-order valence-electron chi connectivity index (χ1n) is 18.1. The van der Waals surface area contributed by atoms with Crippen molar-refractivity contribution in [2.45, 2.75) is 23.7 Å². The number of carbonyl (C=O) groups excluding carboxylic acids is 8. The largest absolute Gasteiger partial charge is 0.340 e. The van der Waals surface area contributed by atoms with Crippen LogP contribution in [0.2, 0.25) is 0 Å². The number of ketones is 8. The SMILES string of the molecule is O=C1C(=O)C2C=CC1C1=C2c2nc1cc1[nH]c(nc3nc(nc4[nH]c(n2)c2c4C4C=CC2C(=O)C4=O)C2=C3C3C=CC2C(=O)C3=O)c2c1C1C=CC2C(=O)C1=O. The number of hydrogen-bond acceptors (Lipinski definition) is 13. The second kappa shape index (κ2) is 9.49. The van der Waals surface area contributed by atoms with Gasteiger partial charge in [-0.25, -0.2) is 24.9 Å². The molecule has 8 atom stereocenters. The van der Waals surface area contributed by atoms with Crippen LogP contribution in [0, 0.1) is 23.7 Å². The number of nitrogens with one attached hydrogen (secondary N) is 2. The molecule has 14 aliphatic rings. The van der Waals surface area contributed by atoms with E-state index in [1.54, 1.807) is 54.7 Å². The highest BCUT2D eigenvalue weighted by Crippen LogP contribution is 2.52. The Kier molecular flexibility index (Phi) is 5.10. The molecule has 0 spiro atoms. The maximum absolute atomic E-state index is 13.4. The number of carbonyl (C=O) groups is 8. The molecule has 0 radical (unpaired) electrons. The molecule has 16 bridgehead atoms. The molecule has 17 rings (SSSR count). The predicted octanol–water partition coefficient (Wildman–Crippen LogP) is 2.01. The molecule has 0 saturated heterocycles. The van der Waals surface area contributed by atoms with E-state index in [0.29, 0.717) is 55.8 Å². The summed E-state index contributed by atoms with van der Waals surface area (Å²) in [6, 6.07) is 1.66. The van der Waals surface area contributed by atoms with Gasteiger partial charge in [-0.2, -0.15) is 0 Å². The number of H-pyrrole nitrogens is 2. The summed E-state index contributed by atoms with van der Waals surface area (Å²) in [6.45, 7) is 0. The van der Waals surface area contributed by atoms with E-state index in [1.165, 1.54) is 0 Å². The number of fused-ring (bicyclic) bond motifs is 12. The minimum absolute atomic E-state index is 0.0587. The second-order valence-electron chi connectivity index (χ2n) is 15.4. The lowest BCUT2D eigenvalue weighted by Crippen LogP contribution is -2.38. The maximum Gasteiger partial charge on any atom is 0.210 e. The number of aromatic amines is 2. The van der Waals surface area contributed by atoms with Gasteiger partial charge in [-0.05, 0) is 11.6 Å². The lowest BCUT2D eigenvalue weighted by molar-refractivity contribution is -0.138. The van der Waals surface area contributed by atoms with Crippen molar-refractivity contribution in [3.8, 4) is 0 Å². The molecule has 0 saturated carbocycles. The summed E-state index contributed by atoms with van der Waals surface area (Å²) >= 11 is 0. The number of aromatic nitrogens is 7. The van der Waals surface area contributed by atoms with Gasteiger partial charge in [-0.3, -0.25) is 38.4 Å². The van der Waals surface area contributed by atoms with Crippen molar-refractivity contribution >= 4 is 91.0 Å². The Bertz CT molecular complexity index is 2750. The van der Waals surface area contributed by atoms with Crippen molar-refractivity contribution in [2.24, 2.45) is 23.7 Å². The van der Waals surface area contributed by atoms with Crippen LogP contribution >= 0.6 is 0 Å². The Hall–Kier alpha value is -7.29. The summed E-state index contributed by atoms with van der Waals surface area (Å²) in [6.07, 6.45) is 13.2. The van der Waals surface area contributed by atoms with Crippen LogP contribution in [0.3, 0.4) is 0 Å². The van der Waals surface area contributed by atoms with Gasteiger partial charge >= 0.3 is 0 Å². The van der Waals surface area contributed by atoms with E-state index in [1.807, 2.05) is 0 Å². The van der Waals surface area contributed by atoms with Crippen molar-refractivity contribution in [1.82, 2.24) is 34.9 Å². The molecule has 2 N–H and O–H groups in total. The first kappa shape index (κ1) is 30.1. The predicted molar refractivity (Wildman–Crippen MR) is 190 cm³/mol. The number of nitrogens with zero attached hydrogens (tertiary/aromatic N) is 5. The van der Waals surface area contributed by atoms with E-state index in [2.05, 4.69) is 9.97 Å². The quantitative estimate of drug-likeness (QED) is 0.249. The summed E-state index contributed by atoms with van der Waals surface area (Å²) in [7, 11) is 0. The summed E-state index contributed by atoms with van der Waals surface area (Å²) in [4.78, 5) is 138. The van der Waals surface area contributed by atoms with Crippen molar-refractivity contribution in [1.29, 1.82) is 0 Å². The van der Waals surface area contributed by atoms with Crippen LogP contribution < -0.4 is 0 Å². The van der Waals surface area contributed by atoms with Gasteiger partial charge < -0.3 is 9.97 Å². The molecule has 15 heteroatoms. The van der Waals surface area contributed by atoms with E-state index >= 15 is 0 Å². The fraction of sp³-hybridized carbons (Fsp3) is 0.195. The highest BCUT2D eigenvalue weighted by Gasteiger charge is 2.52. The number of rotatable bonds is 0. The van der Waals surface area contributed by atoms with Gasteiger partial charge in [-0.1, -0.05) is 48.6 Å². The van der Waals surface area contributed by atoms with Crippen LogP contribution in [-0.2, 0) is 38.4 Å². The Morgan fingerprint density at radius 2 is 0.661 bits per heavy atom. The molecule has 3 aromatic rings. The zero-order chi connectivity index (χ0) is 37.8. The van der Waals surface area contributed by atoms with Gasteiger partial charge in [0.15, 0.2) is 17.5 Å². The molecule has 2 aliphatic heterocycles. The normalized spacial score (nSPS) is 30.7. The Labute approximate surface area is 311 Å².